The maximum Gasteiger partial charge on any atom is 0.387 e. The average molecular weight is 347 g/mol. The summed E-state index contributed by atoms with van der Waals surface area (Å²) in [6.45, 7) is -1.13. The lowest BCUT2D eigenvalue weighted by Crippen LogP contribution is -2.41. The minimum atomic E-state index is -2.89. The summed E-state index contributed by atoms with van der Waals surface area (Å²) in [5, 5.41) is 9.82. The van der Waals surface area contributed by atoms with Gasteiger partial charge in [-0.1, -0.05) is 15.9 Å². The Labute approximate surface area is 122 Å². The standard InChI is InChI=1S/C13H13BrF2N2O2/c1-13(19)4-8(5-13)18-6-17-9-2-7(14)3-10(11(9)18)20-12(15)16/h2-3,6,8,12,19H,4-5H2,1H3/t8-,13+. The first-order chi connectivity index (χ1) is 9.35. The number of aliphatic hydroxyl groups is 1. The zero-order chi connectivity index (χ0) is 14.5. The van der Waals surface area contributed by atoms with Gasteiger partial charge in [-0.2, -0.15) is 8.78 Å². The predicted octanol–water partition coefficient (Wildman–Crippen LogP) is 3.49. The van der Waals surface area contributed by atoms with E-state index < -0.39 is 12.2 Å². The normalized spacial score (nSPS) is 26.0. The van der Waals surface area contributed by atoms with E-state index in [9.17, 15) is 13.9 Å². The number of aromatic nitrogens is 2. The summed E-state index contributed by atoms with van der Waals surface area (Å²) in [6.07, 6.45) is 2.75. The first-order valence-electron chi connectivity index (χ1n) is 6.19. The second-order valence-electron chi connectivity index (χ2n) is 5.36. The molecule has 1 N–H and O–H groups in total. The molecule has 3 rings (SSSR count). The Morgan fingerprint density at radius 1 is 1.50 bits per heavy atom. The van der Waals surface area contributed by atoms with E-state index in [4.69, 9.17) is 0 Å². The lowest BCUT2D eigenvalue weighted by atomic mass is 9.77. The van der Waals surface area contributed by atoms with Gasteiger partial charge in [-0.05, 0) is 31.9 Å². The van der Waals surface area contributed by atoms with Crippen LogP contribution in [-0.2, 0) is 0 Å². The van der Waals surface area contributed by atoms with Crippen molar-refractivity contribution in [2.75, 3.05) is 0 Å². The van der Waals surface area contributed by atoms with Crippen molar-refractivity contribution in [1.29, 1.82) is 0 Å². The third-order valence-corrected chi connectivity index (χ3v) is 4.02. The topological polar surface area (TPSA) is 47.3 Å². The van der Waals surface area contributed by atoms with E-state index in [0.717, 1.165) is 0 Å². The minimum Gasteiger partial charge on any atom is -0.432 e. The maximum atomic E-state index is 12.5. The molecule has 2 aromatic rings. The summed E-state index contributed by atoms with van der Waals surface area (Å²) in [5.41, 5.74) is 0.427. The van der Waals surface area contributed by atoms with Crippen molar-refractivity contribution in [3.8, 4) is 5.75 Å². The van der Waals surface area contributed by atoms with Crippen molar-refractivity contribution in [2.45, 2.75) is 38.0 Å². The molecule has 0 atom stereocenters. The highest BCUT2D eigenvalue weighted by molar-refractivity contribution is 9.10. The molecule has 108 valence electrons. The number of benzene rings is 1. The van der Waals surface area contributed by atoms with Crippen molar-refractivity contribution >= 4 is 27.0 Å². The Balaban J connectivity index is 2.05. The van der Waals surface area contributed by atoms with Crippen LogP contribution in [0.5, 0.6) is 5.75 Å². The average Bonchev–Trinajstić information content (AvgIpc) is 2.68. The smallest absolute Gasteiger partial charge is 0.387 e. The van der Waals surface area contributed by atoms with Crippen molar-refractivity contribution < 1.29 is 18.6 Å². The van der Waals surface area contributed by atoms with E-state index in [0.29, 0.717) is 28.3 Å². The van der Waals surface area contributed by atoms with Crippen molar-refractivity contribution in [1.82, 2.24) is 9.55 Å². The third kappa shape index (κ3) is 2.40. The van der Waals surface area contributed by atoms with E-state index in [1.54, 1.807) is 23.9 Å². The van der Waals surface area contributed by atoms with Crippen LogP contribution in [0.25, 0.3) is 11.0 Å². The van der Waals surface area contributed by atoms with Gasteiger partial charge in [-0.15, -0.1) is 0 Å². The number of fused-ring (bicyclic) bond motifs is 1. The molecule has 0 amide bonds. The molecule has 0 unspecified atom stereocenters. The molecule has 1 saturated carbocycles. The van der Waals surface area contributed by atoms with Crippen LogP contribution in [0.2, 0.25) is 0 Å². The number of rotatable bonds is 3. The monoisotopic (exact) mass is 346 g/mol. The van der Waals surface area contributed by atoms with Crippen LogP contribution in [0.15, 0.2) is 22.9 Å². The van der Waals surface area contributed by atoms with E-state index in [2.05, 4.69) is 25.7 Å². The van der Waals surface area contributed by atoms with Crippen LogP contribution >= 0.6 is 15.9 Å². The van der Waals surface area contributed by atoms with E-state index in [1.165, 1.54) is 6.07 Å². The molecule has 0 aliphatic heterocycles. The van der Waals surface area contributed by atoms with Gasteiger partial charge in [-0.3, -0.25) is 0 Å². The highest BCUT2D eigenvalue weighted by Gasteiger charge is 2.40. The van der Waals surface area contributed by atoms with Gasteiger partial charge < -0.3 is 14.4 Å². The van der Waals surface area contributed by atoms with Gasteiger partial charge in [0.05, 0.1) is 17.4 Å². The first-order valence-corrected chi connectivity index (χ1v) is 6.98. The summed E-state index contributed by atoms with van der Waals surface area (Å²) in [7, 11) is 0. The van der Waals surface area contributed by atoms with Gasteiger partial charge in [-0.25, -0.2) is 4.98 Å². The molecule has 0 saturated heterocycles. The Morgan fingerprint density at radius 2 is 2.20 bits per heavy atom. The number of hydrogen-bond donors (Lipinski definition) is 1. The summed E-state index contributed by atoms with van der Waals surface area (Å²) in [5.74, 6) is 0.0911. The predicted molar refractivity (Wildman–Crippen MR) is 73.0 cm³/mol. The fourth-order valence-electron chi connectivity index (χ4n) is 2.72. The quantitative estimate of drug-likeness (QED) is 0.925. The van der Waals surface area contributed by atoms with Crippen molar-refractivity contribution in [3.05, 3.63) is 22.9 Å². The summed E-state index contributed by atoms with van der Waals surface area (Å²) < 4.78 is 32.1. The first kappa shape index (κ1) is 13.8. The summed E-state index contributed by atoms with van der Waals surface area (Å²) >= 11 is 3.25. The minimum absolute atomic E-state index is 0.0520. The zero-order valence-electron chi connectivity index (χ0n) is 10.7. The van der Waals surface area contributed by atoms with Gasteiger partial charge in [0.25, 0.3) is 0 Å². The van der Waals surface area contributed by atoms with Gasteiger partial charge in [0.1, 0.15) is 5.52 Å². The Morgan fingerprint density at radius 3 is 2.80 bits per heavy atom. The SMILES string of the molecule is C[C@]1(O)C[C@@H](n2cnc3cc(Br)cc(OC(F)F)c32)C1. The molecular formula is C13H13BrF2N2O2. The van der Waals surface area contributed by atoms with Crippen LogP contribution in [0.4, 0.5) is 8.78 Å². The van der Waals surface area contributed by atoms with Crippen molar-refractivity contribution in [2.24, 2.45) is 0 Å². The molecule has 1 heterocycles. The van der Waals surface area contributed by atoms with Crippen LogP contribution in [0, 0.1) is 0 Å². The molecule has 20 heavy (non-hydrogen) atoms. The van der Waals surface area contributed by atoms with Crippen LogP contribution in [0.1, 0.15) is 25.8 Å². The fraction of sp³-hybridized carbons (Fsp3) is 0.462. The number of alkyl halides is 2. The molecule has 0 bridgehead atoms. The van der Waals surface area contributed by atoms with Gasteiger partial charge >= 0.3 is 6.61 Å². The number of imidazole rings is 1. The van der Waals surface area contributed by atoms with Crippen LogP contribution in [0.3, 0.4) is 0 Å². The highest BCUT2D eigenvalue weighted by atomic mass is 79.9. The number of ether oxygens (including phenoxy) is 1. The Hall–Kier alpha value is -1.21. The highest BCUT2D eigenvalue weighted by Crippen LogP contribution is 2.44. The summed E-state index contributed by atoms with van der Waals surface area (Å²) in [4.78, 5) is 4.22. The molecule has 4 nitrogen and oxygen atoms in total. The molecule has 0 spiro atoms. The van der Waals surface area contributed by atoms with E-state index in [1.807, 2.05) is 0 Å². The number of halogens is 3. The molecular weight excluding hydrogens is 334 g/mol. The van der Waals surface area contributed by atoms with E-state index >= 15 is 0 Å². The van der Waals surface area contributed by atoms with Gasteiger partial charge in [0, 0.05) is 10.5 Å². The van der Waals surface area contributed by atoms with Gasteiger partial charge in [0.2, 0.25) is 0 Å². The Bertz CT molecular complexity index is 649. The van der Waals surface area contributed by atoms with Crippen LogP contribution < -0.4 is 4.74 Å². The lowest BCUT2D eigenvalue weighted by Gasteiger charge is -2.41. The molecule has 1 fully saturated rings. The van der Waals surface area contributed by atoms with Crippen LogP contribution in [-0.4, -0.2) is 26.9 Å². The van der Waals surface area contributed by atoms with Crippen molar-refractivity contribution in [3.63, 3.8) is 0 Å². The Kier molecular flexibility index (Phi) is 3.21. The molecule has 1 aliphatic rings. The second-order valence-corrected chi connectivity index (χ2v) is 6.28. The lowest BCUT2D eigenvalue weighted by molar-refractivity contribution is -0.0539. The number of hydrogen-bond acceptors (Lipinski definition) is 3. The third-order valence-electron chi connectivity index (χ3n) is 3.56. The van der Waals surface area contributed by atoms with E-state index in [-0.39, 0.29) is 11.8 Å². The molecule has 1 aromatic carbocycles. The van der Waals surface area contributed by atoms with Gasteiger partial charge in [0.15, 0.2) is 5.75 Å². The summed E-state index contributed by atoms with van der Waals surface area (Å²) in [6, 6.07) is 3.31. The zero-order valence-corrected chi connectivity index (χ0v) is 12.3. The molecule has 1 aromatic heterocycles. The largest absolute Gasteiger partial charge is 0.432 e. The molecule has 0 radical (unpaired) electrons. The maximum absolute atomic E-state index is 12.5. The number of nitrogens with zero attached hydrogens (tertiary/aromatic N) is 2. The molecule has 1 aliphatic carbocycles. The molecule has 7 heteroatoms. The second kappa shape index (κ2) is 4.66. The fourth-order valence-corrected chi connectivity index (χ4v) is 3.14.